The van der Waals surface area contributed by atoms with Gasteiger partial charge in [0.05, 0.1) is 12.6 Å². The quantitative estimate of drug-likeness (QED) is 0.826. The van der Waals surface area contributed by atoms with E-state index in [0.29, 0.717) is 5.15 Å². The lowest BCUT2D eigenvalue weighted by molar-refractivity contribution is -0.127. The molecule has 2 heterocycles. The van der Waals surface area contributed by atoms with Crippen LogP contribution in [0.2, 0.25) is 5.15 Å². The van der Waals surface area contributed by atoms with Crippen molar-refractivity contribution in [1.82, 2.24) is 15.5 Å². The Labute approximate surface area is 142 Å². The fraction of sp³-hybridized carbons (Fsp3) is 0.688. The summed E-state index contributed by atoms with van der Waals surface area (Å²) in [7, 11) is 0. The number of piperidine rings is 1. The maximum atomic E-state index is 12.4. The molecule has 1 fully saturated rings. The molecule has 2 unspecified atom stereocenters. The maximum absolute atomic E-state index is 12.4. The lowest BCUT2D eigenvalue weighted by Gasteiger charge is -2.33. The van der Waals surface area contributed by atoms with E-state index in [-0.39, 0.29) is 30.4 Å². The zero-order valence-electron chi connectivity index (χ0n) is 13.7. The minimum absolute atomic E-state index is 0.00962. The smallest absolute Gasteiger partial charge is 0.223 e. The van der Waals surface area contributed by atoms with Crippen molar-refractivity contribution in [3.05, 3.63) is 17.3 Å². The number of rotatable bonds is 6. The van der Waals surface area contributed by atoms with E-state index in [9.17, 15) is 9.90 Å². The number of hydrogen-bond acceptors (Lipinski definition) is 5. The second-order valence-corrected chi connectivity index (χ2v) is 6.55. The summed E-state index contributed by atoms with van der Waals surface area (Å²) in [6.07, 6.45) is 2.47. The van der Waals surface area contributed by atoms with Crippen molar-refractivity contribution in [2.45, 2.75) is 39.2 Å². The molecule has 0 bridgehead atoms. The zero-order chi connectivity index (χ0) is 16.8. The number of halogens is 1. The Hall–Kier alpha value is -1.40. The van der Waals surface area contributed by atoms with Crippen molar-refractivity contribution >= 4 is 23.3 Å². The molecule has 128 valence electrons. The van der Waals surface area contributed by atoms with Gasteiger partial charge in [-0.2, -0.15) is 0 Å². The van der Waals surface area contributed by atoms with Crippen molar-refractivity contribution in [3.8, 4) is 0 Å². The van der Waals surface area contributed by atoms with Gasteiger partial charge in [0.25, 0.3) is 0 Å². The van der Waals surface area contributed by atoms with Crippen LogP contribution in [0.5, 0.6) is 0 Å². The number of carbonyl (C=O) groups is 1. The Balaban J connectivity index is 1.86. The van der Waals surface area contributed by atoms with Crippen LogP contribution in [0.4, 0.5) is 5.82 Å². The third-order valence-electron chi connectivity index (χ3n) is 4.66. The molecule has 7 heteroatoms. The third kappa shape index (κ3) is 4.78. The van der Waals surface area contributed by atoms with E-state index >= 15 is 0 Å². The Morgan fingerprint density at radius 2 is 2.13 bits per heavy atom. The van der Waals surface area contributed by atoms with Crippen molar-refractivity contribution in [3.63, 3.8) is 0 Å². The molecule has 1 aliphatic heterocycles. The summed E-state index contributed by atoms with van der Waals surface area (Å²) in [6, 6.07) is 3.41. The molecule has 0 aliphatic carbocycles. The van der Waals surface area contributed by atoms with Gasteiger partial charge in [0, 0.05) is 19.0 Å². The van der Waals surface area contributed by atoms with E-state index in [1.165, 1.54) is 0 Å². The average Bonchev–Trinajstić information content (AvgIpc) is 2.59. The number of hydrogen-bond donors (Lipinski definition) is 2. The largest absolute Gasteiger partial charge is 0.394 e. The molecule has 0 aromatic carbocycles. The number of nitrogens with zero attached hydrogens (tertiary/aromatic N) is 3. The summed E-state index contributed by atoms with van der Waals surface area (Å²) in [5.74, 6) is 1.10. The summed E-state index contributed by atoms with van der Waals surface area (Å²) < 4.78 is 0. The van der Waals surface area contributed by atoms with Crippen LogP contribution in [0.25, 0.3) is 0 Å². The van der Waals surface area contributed by atoms with Gasteiger partial charge in [0.1, 0.15) is 0 Å². The van der Waals surface area contributed by atoms with Gasteiger partial charge in [-0.3, -0.25) is 4.79 Å². The first-order chi connectivity index (χ1) is 11.0. The molecule has 2 N–H and O–H groups in total. The Morgan fingerprint density at radius 1 is 1.43 bits per heavy atom. The molecular formula is C16H25ClN4O2. The molecule has 0 spiro atoms. The van der Waals surface area contributed by atoms with E-state index in [1.807, 2.05) is 13.0 Å². The van der Waals surface area contributed by atoms with Crippen LogP contribution in [0, 0.1) is 11.8 Å². The molecule has 0 radical (unpaired) electrons. The van der Waals surface area contributed by atoms with Gasteiger partial charge in [-0.15, -0.1) is 10.2 Å². The lowest BCUT2D eigenvalue weighted by Crippen LogP contribution is -2.47. The summed E-state index contributed by atoms with van der Waals surface area (Å²) in [6.45, 7) is 5.62. The maximum Gasteiger partial charge on any atom is 0.223 e. The van der Waals surface area contributed by atoms with Gasteiger partial charge in [-0.1, -0.05) is 31.9 Å². The monoisotopic (exact) mass is 340 g/mol. The Morgan fingerprint density at radius 3 is 2.65 bits per heavy atom. The molecule has 1 amide bonds. The highest BCUT2D eigenvalue weighted by atomic mass is 35.5. The van der Waals surface area contributed by atoms with E-state index in [2.05, 4.69) is 27.3 Å². The minimum Gasteiger partial charge on any atom is -0.394 e. The summed E-state index contributed by atoms with van der Waals surface area (Å²) in [5.41, 5.74) is 0. The topological polar surface area (TPSA) is 78.4 Å². The first-order valence-electron chi connectivity index (χ1n) is 8.20. The van der Waals surface area contributed by atoms with Gasteiger partial charge in [-0.25, -0.2) is 0 Å². The highest BCUT2D eigenvalue weighted by Crippen LogP contribution is 2.22. The fourth-order valence-electron chi connectivity index (χ4n) is 2.80. The van der Waals surface area contributed by atoms with Crippen LogP contribution in [0.3, 0.4) is 0 Å². The van der Waals surface area contributed by atoms with Crippen molar-refractivity contribution in [1.29, 1.82) is 0 Å². The van der Waals surface area contributed by atoms with E-state index < -0.39 is 0 Å². The van der Waals surface area contributed by atoms with Crippen LogP contribution >= 0.6 is 11.6 Å². The van der Waals surface area contributed by atoms with Crippen LogP contribution in [0.15, 0.2) is 12.1 Å². The predicted octanol–water partition coefficient (Wildman–Crippen LogP) is 1.87. The second kappa shape index (κ2) is 8.45. The van der Waals surface area contributed by atoms with Gasteiger partial charge < -0.3 is 15.3 Å². The molecule has 1 aromatic rings. The first-order valence-corrected chi connectivity index (χ1v) is 8.58. The van der Waals surface area contributed by atoms with E-state index in [4.69, 9.17) is 11.6 Å². The van der Waals surface area contributed by atoms with E-state index in [1.54, 1.807) is 6.07 Å². The number of aliphatic hydroxyl groups is 1. The Kier molecular flexibility index (Phi) is 6.59. The summed E-state index contributed by atoms with van der Waals surface area (Å²) in [4.78, 5) is 14.5. The summed E-state index contributed by atoms with van der Waals surface area (Å²) >= 11 is 5.75. The van der Waals surface area contributed by atoms with Crippen molar-refractivity contribution in [2.24, 2.45) is 11.8 Å². The Bertz CT molecular complexity index is 503. The molecular weight excluding hydrogens is 316 g/mol. The van der Waals surface area contributed by atoms with Crippen LogP contribution in [-0.2, 0) is 4.79 Å². The number of aromatic nitrogens is 2. The highest BCUT2D eigenvalue weighted by Gasteiger charge is 2.28. The molecule has 1 saturated heterocycles. The minimum atomic E-state index is -0.160. The van der Waals surface area contributed by atoms with Crippen LogP contribution < -0.4 is 10.2 Å². The molecule has 1 aromatic heterocycles. The average molecular weight is 341 g/mol. The molecule has 6 nitrogen and oxygen atoms in total. The van der Waals surface area contributed by atoms with Gasteiger partial charge >= 0.3 is 0 Å². The zero-order valence-corrected chi connectivity index (χ0v) is 14.5. The van der Waals surface area contributed by atoms with E-state index in [0.717, 1.165) is 38.2 Å². The SMILES string of the molecule is CCC(C)C(CO)NC(=O)C1CCN(c2ccc(Cl)nn2)CC1. The number of carbonyl (C=O) groups excluding carboxylic acids is 1. The normalized spacial score (nSPS) is 18.5. The van der Waals surface area contributed by atoms with Gasteiger partial charge in [0.15, 0.2) is 11.0 Å². The molecule has 2 rings (SSSR count). The lowest BCUT2D eigenvalue weighted by atomic mass is 9.94. The molecule has 2 atom stereocenters. The number of nitrogens with one attached hydrogen (secondary N) is 1. The first kappa shape index (κ1) is 17.9. The molecule has 0 saturated carbocycles. The summed E-state index contributed by atoms with van der Waals surface area (Å²) in [5, 5.41) is 20.7. The van der Waals surface area contributed by atoms with Crippen LogP contribution in [-0.4, -0.2) is 46.9 Å². The predicted molar refractivity (Wildman–Crippen MR) is 90.5 cm³/mol. The van der Waals surface area contributed by atoms with Crippen molar-refractivity contribution in [2.75, 3.05) is 24.6 Å². The third-order valence-corrected chi connectivity index (χ3v) is 4.86. The van der Waals surface area contributed by atoms with Gasteiger partial charge in [-0.05, 0) is 30.9 Å². The molecule has 23 heavy (non-hydrogen) atoms. The van der Waals surface area contributed by atoms with Crippen LogP contribution in [0.1, 0.15) is 33.1 Å². The fourth-order valence-corrected chi connectivity index (χ4v) is 2.90. The van der Waals surface area contributed by atoms with Gasteiger partial charge in [0.2, 0.25) is 5.91 Å². The number of amides is 1. The van der Waals surface area contributed by atoms with Crippen molar-refractivity contribution < 1.29 is 9.90 Å². The number of aliphatic hydroxyl groups excluding tert-OH is 1. The molecule has 1 aliphatic rings. The standard InChI is InChI=1S/C16H25ClN4O2/c1-3-11(2)13(10-22)18-16(23)12-6-8-21(9-7-12)15-5-4-14(17)19-20-15/h4-5,11-13,22H,3,6-10H2,1-2H3,(H,18,23). The number of anilines is 1. The second-order valence-electron chi connectivity index (χ2n) is 6.16. The highest BCUT2D eigenvalue weighted by molar-refractivity contribution is 6.29.